The fraction of sp³-hybridized carbons (Fsp3) is 0.148. The number of aromatic nitrogens is 1. The number of nitrogens with zero attached hydrogens (tertiary/aromatic N) is 2. The van der Waals surface area contributed by atoms with Crippen molar-refractivity contribution in [3.63, 3.8) is 0 Å². The molecule has 13 rings (SSSR count). The maximum Gasteiger partial charge on any atom is 0.0547 e. The quantitative estimate of drug-likeness (QED) is 0.172. The van der Waals surface area contributed by atoms with Crippen LogP contribution in [-0.2, 0) is 16.2 Å². The minimum atomic E-state index is -0.239. The minimum Gasteiger partial charge on any atom is -0.310 e. The van der Waals surface area contributed by atoms with Crippen LogP contribution < -0.4 is 4.90 Å². The normalized spacial score (nSPS) is 15.5. The summed E-state index contributed by atoms with van der Waals surface area (Å²) in [6.07, 6.45) is 0. The number of para-hydroxylation sites is 1. The van der Waals surface area contributed by atoms with Crippen LogP contribution >= 0.6 is 0 Å². The standard InChI is InChI=1S/C61H48N2/c1-59(2)48-21-12-9-18-42(48)44-30-27-38(34-51(44)59)62(39-28-31-45-43-19-10-13-22-49(43)60(3,4)52(45)35-39)40-29-32-46-53(36-40)61(5,6)50-23-15-25-55(58(46)50)63-54-24-14-11-20-47(54)57-41-17-8-7-16-37(41)26-33-56(57)63/h7-36H,1-6H3. The van der Waals surface area contributed by atoms with Crippen molar-refractivity contribution in [1.82, 2.24) is 4.57 Å². The molecule has 0 radical (unpaired) electrons. The molecule has 0 atom stereocenters. The summed E-state index contributed by atoms with van der Waals surface area (Å²) in [6.45, 7) is 14.4. The summed E-state index contributed by atoms with van der Waals surface area (Å²) in [5.74, 6) is 0. The Balaban J connectivity index is 1.02. The van der Waals surface area contributed by atoms with E-state index < -0.39 is 0 Å². The molecule has 0 fully saturated rings. The number of hydrogen-bond acceptors (Lipinski definition) is 1. The zero-order valence-corrected chi connectivity index (χ0v) is 36.7. The Hall–Kier alpha value is -7.16. The Labute approximate surface area is 369 Å². The van der Waals surface area contributed by atoms with Crippen LogP contribution in [0.5, 0.6) is 0 Å². The molecule has 3 aliphatic rings. The van der Waals surface area contributed by atoms with Crippen LogP contribution in [-0.4, -0.2) is 4.57 Å². The van der Waals surface area contributed by atoms with Gasteiger partial charge in [-0.1, -0.05) is 169 Å². The molecule has 0 unspecified atom stereocenters. The maximum absolute atomic E-state index is 2.52. The molecule has 10 aromatic rings. The fourth-order valence-electron chi connectivity index (χ4n) is 12.2. The Kier molecular flexibility index (Phi) is 7.23. The zero-order valence-electron chi connectivity index (χ0n) is 36.7. The van der Waals surface area contributed by atoms with Crippen LogP contribution in [0.1, 0.15) is 74.9 Å². The highest BCUT2D eigenvalue weighted by Gasteiger charge is 2.40. The Morgan fingerprint density at radius 2 is 0.825 bits per heavy atom. The molecule has 3 aliphatic carbocycles. The molecule has 0 saturated carbocycles. The summed E-state index contributed by atoms with van der Waals surface area (Å²) < 4.78 is 2.52. The van der Waals surface area contributed by atoms with Gasteiger partial charge in [0.2, 0.25) is 0 Å². The number of benzene rings is 9. The first-order valence-corrected chi connectivity index (χ1v) is 22.5. The average molecular weight is 809 g/mol. The van der Waals surface area contributed by atoms with Crippen molar-refractivity contribution in [2.45, 2.75) is 57.8 Å². The first kappa shape index (κ1) is 36.5. The van der Waals surface area contributed by atoms with Gasteiger partial charge in [-0.25, -0.2) is 0 Å². The second-order valence-corrected chi connectivity index (χ2v) is 19.7. The lowest BCUT2D eigenvalue weighted by atomic mass is 9.81. The highest BCUT2D eigenvalue weighted by molar-refractivity contribution is 6.21. The van der Waals surface area contributed by atoms with Gasteiger partial charge in [-0.3, -0.25) is 0 Å². The summed E-state index contributed by atoms with van der Waals surface area (Å²) in [5, 5.41) is 5.15. The fourth-order valence-corrected chi connectivity index (χ4v) is 12.2. The number of fused-ring (bicyclic) bond motifs is 14. The van der Waals surface area contributed by atoms with E-state index in [1.807, 2.05) is 0 Å². The van der Waals surface area contributed by atoms with Crippen LogP contribution in [0.25, 0.3) is 71.6 Å². The lowest BCUT2D eigenvalue weighted by Crippen LogP contribution is -2.19. The van der Waals surface area contributed by atoms with Crippen molar-refractivity contribution < 1.29 is 0 Å². The van der Waals surface area contributed by atoms with Crippen LogP contribution in [0.15, 0.2) is 182 Å². The molecule has 0 spiro atoms. The number of anilines is 3. The van der Waals surface area contributed by atoms with Crippen molar-refractivity contribution in [3.05, 3.63) is 215 Å². The van der Waals surface area contributed by atoms with Gasteiger partial charge in [0.15, 0.2) is 0 Å². The van der Waals surface area contributed by atoms with E-state index in [1.165, 1.54) is 122 Å². The van der Waals surface area contributed by atoms with Crippen LogP contribution in [0.2, 0.25) is 0 Å². The summed E-state index contributed by atoms with van der Waals surface area (Å²) in [4.78, 5) is 2.52. The van der Waals surface area contributed by atoms with Crippen LogP contribution in [0.3, 0.4) is 0 Å². The van der Waals surface area contributed by atoms with E-state index in [-0.39, 0.29) is 16.2 Å². The molecule has 0 bridgehead atoms. The molecule has 1 aromatic heterocycles. The van der Waals surface area contributed by atoms with E-state index in [1.54, 1.807) is 0 Å². The van der Waals surface area contributed by atoms with Crippen LogP contribution in [0, 0.1) is 0 Å². The van der Waals surface area contributed by atoms with Gasteiger partial charge in [-0.15, -0.1) is 0 Å². The van der Waals surface area contributed by atoms with Gasteiger partial charge >= 0.3 is 0 Å². The second kappa shape index (κ2) is 12.5. The van der Waals surface area contributed by atoms with Gasteiger partial charge in [-0.2, -0.15) is 0 Å². The molecule has 63 heavy (non-hydrogen) atoms. The first-order chi connectivity index (χ1) is 30.5. The molecular formula is C61H48N2. The molecule has 0 saturated heterocycles. The molecule has 2 nitrogen and oxygen atoms in total. The summed E-state index contributed by atoms with van der Waals surface area (Å²) in [6, 6.07) is 68.9. The first-order valence-electron chi connectivity index (χ1n) is 22.5. The smallest absolute Gasteiger partial charge is 0.0547 e. The van der Waals surface area contributed by atoms with Crippen molar-refractivity contribution in [2.24, 2.45) is 0 Å². The number of rotatable bonds is 4. The average Bonchev–Trinajstić information content (AvgIpc) is 3.93. The predicted molar refractivity (Wildman–Crippen MR) is 266 cm³/mol. The molecular weight excluding hydrogens is 761 g/mol. The van der Waals surface area contributed by atoms with Crippen LogP contribution in [0.4, 0.5) is 17.1 Å². The molecule has 0 N–H and O–H groups in total. The highest BCUT2D eigenvalue weighted by atomic mass is 15.1. The largest absolute Gasteiger partial charge is 0.310 e. The molecule has 1 heterocycles. The highest BCUT2D eigenvalue weighted by Crippen LogP contribution is 2.56. The summed E-state index contributed by atoms with van der Waals surface area (Å²) in [5.41, 5.74) is 23.0. The summed E-state index contributed by atoms with van der Waals surface area (Å²) in [7, 11) is 0. The Morgan fingerprint density at radius 1 is 0.349 bits per heavy atom. The molecule has 302 valence electrons. The van der Waals surface area contributed by atoms with E-state index in [9.17, 15) is 0 Å². The van der Waals surface area contributed by atoms with E-state index in [2.05, 4.69) is 233 Å². The maximum atomic E-state index is 2.52. The van der Waals surface area contributed by atoms with Gasteiger partial charge in [0, 0.05) is 49.6 Å². The van der Waals surface area contributed by atoms with Gasteiger partial charge in [0.1, 0.15) is 0 Å². The van der Waals surface area contributed by atoms with E-state index in [0.717, 1.165) is 0 Å². The Bertz CT molecular complexity index is 3500. The van der Waals surface area contributed by atoms with Crippen molar-refractivity contribution >= 4 is 49.6 Å². The van der Waals surface area contributed by atoms with Crippen molar-refractivity contribution in [3.8, 4) is 39.1 Å². The second-order valence-electron chi connectivity index (χ2n) is 19.7. The molecule has 9 aromatic carbocycles. The molecule has 2 heteroatoms. The van der Waals surface area contributed by atoms with Gasteiger partial charge < -0.3 is 9.47 Å². The lowest BCUT2D eigenvalue weighted by Gasteiger charge is -2.31. The van der Waals surface area contributed by atoms with Crippen molar-refractivity contribution in [2.75, 3.05) is 4.90 Å². The zero-order chi connectivity index (χ0) is 42.6. The van der Waals surface area contributed by atoms with E-state index in [4.69, 9.17) is 0 Å². The van der Waals surface area contributed by atoms with E-state index in [0.29, 0.717) is 0 Å². The van der Waals surface area contributed by atoms with Gasteiger partial charge in [0.05, 0.1) is 16.7 Å². The third-order valence-electron chi connectivity index (χ3n) is 15.4. The molecule has 0 amide bonds. The third kappa shape index (κ3) is 4.79. The van der Waals surface area contributed by atoms with Crippen molar-refractivity contribution in [1.29, 1.82) is 0 Å². The number of hydrogen-bond donors (Lipinski definition) is 0. The Morgan fingerprint density at radius 3 is 1.46 bits per heavy atom. The van der Waals surface area contributed by atoms with E-state index >= 15 is 0 Å². The third-order valence-corrected chi connectivity index (χ3v) is 15.4. The van der Waals surface area contributed by atoms with Gasteiger partial charge in [-0.05, 0) is 127 Å². The SMILES string of the molecule is CC1(C)c2ccccc2-c2ccc(N(c3ccc4c(c3)C(C)(C)c3ccccc3-4)c3ccc4c(c3)C(C)(C)c3cccc(-n5c6ccccc6c6c7ccccc7ccc65)c3-4)cc21. The molecule has 0 aliphatic heterocycles. The lowest BCUT2D eigenvalue weighted by molar-refractivity contribution is 0.659. The monoisotopic (exact) mass is 808 g/mol. The minimum absolute atomic E-state index is 0.119. The summed E-state index contributed by atoms with van der Waals surface area (Å²) >= 11 is 0. The van der Waals surface area contributed by atoms with Gasteiger partial charge in [0.25, 0.3) is 0 Å². The predicted octanol–water partition coefficient (Wildman–Crippen LogP) is 16.3. The topological polar surface area (TPSA) is 8.17 Å².